The summed E-state index contributed by atoms with van der Waals surface area (Å²) < 4.78 is 29.1. The number of sulfone groups is 1. The zero-order valence-corrected chi connectivity index (χ0v) is 15.9. The highest BCUT2D eigenvalue weighted by Crippen LogP contribution is 2.20. The molecular weight excluding hydrogens is 374 g/mol. The van der Waals surface area contributed by atoms with Crippen molar-refractivity contribution in [3.05, 3.63) is 65.2 Å². The van der Waals surface area contributed by atoms with E-state index in [1.54, 1.807) is 12.1 Å². The van der Waals surface area contributed by atoms with Crippen LogP contribution in [-0.4, -0.2) is 37.2 Å². The average molecular weight is 394 g/mol. The molecule has 138 valence electrons. The maximum absolute atomic E-state index is 12.6. The molecule has 1 N–H and O–H groups in total. The average Bonchev–Trinajstić information content (AvgIpc) is 2.86. The number of halogens is 1. The predicted octanol–water partition coefficient (Wildman–Crippen LogP) is 2.71. The Morgan fingerprint density at radius 1 is 1.15 bits per heavy atom. The lowest BCUT2D eigenvalue weighted by Crippen LogP contribution is -2.41. The summed E-state index contributed by atoms with van der Waals surface area (Å²) in [4.78, 5) is 12.6. The molecule has 3 rings (SSSR count). The molecule has 5 nitrogen and oxygen atoms in total. The van der Waals surface area contributed by atoms with E-state index in [1.165, 1.54) is 0 Å². The van der Waals surface area contributed by atoms with Gasteiger partial charge in [0.15, 0.2) is 9.84 Å². The van der Waals surface area contributed by atoms with E-state index in [1.807, 2.05) is 43.3 Å². The van der Waals surface area contributed by atoms with Crippen LogP contribution >= 0.6 is 11.6 Å². The van der Waals surface area contributed by atoms with Crippen molar-refractivity contribution in [1.82, 2.24) is 5.32 Å². The first kappa shape index (κ1) is 18.7. The van der Waals surface area contributed by atoms with Crippen molar-refractivity contribution < 1.29 is 17.9 Å². The Labute approximate surface area is 158 Å². The van der Waals surface area contributed by atoms with Gasteiger partial charge in [0, 0.05) is 11.1 Å². The van der Waals surface area contributed by atoms with Gasteiger partial charge in [-0.3, -0.25) is 4.79 Å². The highest BCUT2D eigenvalue weighted by atomic mass is 35.5. The van der Waals surface area contributed by atoms with Gasteiger partial charge in [-0.05, 0) is 25.1 Å². The number of carbonyl (C=O) groups excluding carboxylic acids is 1. The van der Waals surface area contributed by atoms with Crippen molar-refractivity contribution in [3.63, 3.8) is 0 Å². The first-order valence-corrected chi connectivity index (χ1v) is 10.5. The van der Waals surface area contributed by atoms with Gasteiger partial charge in [-0.15, -0.1) is 11.6 Å². The van der Waals surface area contributed by atoms with Crippen LogP contribution < -0.4 is 10.1 Å². The molecule has 1 heterocycles. The first-order chi connectivity index (χ1) is 12.3. The van der Waals surface area contributed by atoms with E-state index < -0.39 is 21.3 Å². The Bertz CT molecular complexity index is 896. The molecule has 26 heavy (non-hydrogen) atoms. The lowest BCUT2D eigenvalue weighted by molar-refractivity contribution is 0.0939. The van der Waals surface area contributed by atoms with E-state index in [0.717, 1.165) is 11.1 Å². The molecule has 1 fully saturated rings. The summed E-state index contributed by atoms with van der Waals surface area (Å²) in [5, 5.41) is 2.13. The number of hydrogen-bond donors (Lipinski definition) is 1. The normalized spacial score (nSPS) is 21.3. The number of aryl methyl sites for hydroxylation is 1. The molecule has 2 aromatic rings. The molecule has 0 unspecified atom stereocenters. The smallest absolute Gasteiger partial charge is 0.251 e. The number of hydrogen-bond acceptors (Lipinski definition) is 4. The molecule has 2 atom stereocenters. The standard InChI is InChI=1S/C19H20ClNO4S/c1-13-6-8-15(9-7-13)25-10-14-4-2-3-5-16(14)19(22)21-18-12-26(23,24)11-17(18)20/h2-9,17-18H,10-12H2,1H3,(H,21,22)/t17-,18+/m1/s1. The van der Waals surface area contributed by atoms with Crippen LogP contribution in [0.4, 0.5) is 0 Å². The maximum Gasteiger partial charge on any atom is 0.251 e. The van der Waals surface area contributed by atoms with Crippen LogP contribution in [0.15, 0.2) is 48.5 Å². The van der Waals surface area contributed by atoms with E-state index in [0.29, 0.717) is 11.3 Å². The predicted molar refractivity (Wildman–Crippen MR) is 102 cm³/mol. The Hall–Kier alpha value is -2.05. The second-order valence-electron chi connectivity index (χ2n) is 6.43. The molecule has 1 amide bonds. The number of ether oxygens (including phenoxy) is 1. The van der Waals surface area contributed by atoms with Gasteiger partial charge < -0.3 is 10.1 Å². The second-order valence-corrected chi connectivity index (χ2v) is 9.15. The summed E-state index contributed by atoms with van der Waals surface area (Å²) in [5.74, 6) is 0.126. The summed E-state index contributed by atoms with van der Waals surface area (Å²) in [7, 11) is -3.20. The van der Waals surface area contributed by atoms with Crippen molar-refractivity contribution in [3.8, 4) is 5.75 Å². The van der Waals surface area contributed by atoms with Gasteiger partial charge >= 0.3 is 0 Å². The molecule has 0 saturated carbocycles. The van der Waals surface area contributed by atoms with Gasteiger partial charge in [-0.25, -0.2) is 8.42 Å². The van der Waals surface area contributed by atoms with Crippen LogP contribution in [0.1, 0.15) is 21.5 Å². The molecule has 0 radical (unpaired) electrons. The lowest BCUT2D eigenvalue weighted by atomic mass is 10.1. The Kier molecular flexibility index (Phi) is 5.53. The van der Waals surface area contributed by atoms with Gasteiger partial charge in [0.1, 0.15) is 12.4 Å². The van der Waals surface area contributed by atoms with Crippen LogP contribution in [0.3, 0.4) is 0 Å². The molecule has 2 aromatic carbocycles. The minimum Gasteiger partial charge on any atom is -0.489 e. The summed E-state index contributed by atoms with van der Waals surface area (Å²) in [6, 6.07) is 14.2. The van der Waals surface area contributed by atoms with Crippen LogP contribution in [-0.2, 0) is 16.4 Å². The number of benzene rings is 2. The van der Waals surface area contributed by atoms with Crippen molar-refractivity contribution in [2.24, 2.45) is 0 Å². The highest BCUT2D eigenvalue weighted by Gasteiger charge is 2.37. The van der Waals surface area contributed by atoms with Crippen molar-refractivity contribution in [1.29, 1.82) is 0 Å². The zero-order valence-electron chi connectivity index (χ0n) is 14.3. The molecule has 1 aliphatic rings. The minimum absolute atomic E-state index is 0.113. The lowest BCUT2D eigenvalue weighted by Gasteiger charge is -2.16. The zero-order chi connectivity index (χ0) is 18.7. The first-order valence-electron chi connectivity index (χ1n) is 8.27. The van der Waals surface area contributed by atoms with Crippen molar-refractivity contribution in [2.45, 2.75) is 24.9 Å². The third-order valence-electron chi connectivity index (χ3n) is 4.28. The second kappa shape index (κ2) is 7.68. The van der Waals surface area contributed by atoms with Gasteiger partial charge in [0.05, 0.1) is 22.9 Å². The molecule has 1 saturated heterocycles. The molecular formula is C19H20ClNO4S. The largest absolute Gasteiger partial charge is 0.489 e. The van der Waals surface area contributed by atoms with Gasteiger partial charge in [0.2, 0.25) is 0 Å². The number of carbonyl (C=O) groups is 1. The van der Waals surface area contributed by atoms with Crippen LogP contribution in [0.25, 0.3) is 0 Å². The molecule has 0 aliphatic carbocycles. The summed E-state index contributed by atoms with van der Waals surface area (Å²) in [6.45, 7) is 2.23. The fraction of sp³-hybridized carbons (Fsp3) is 0.316. The SMILES string of the molecule is Cc1ccc(OCc2ccccc2C(=O)N[C@H]2CS(=O)(=O)C[C@H]2Cl)cc1. The van der Waals surface area contributed by atoms with Crippen molar-refractivity contribution >= 4 is 27.3 Å². The molecule has 0 aromatic heterocycles. The monoisotopic (exact) mass is 393 g/mol. The van der Waals surface area contributed by atoms with Gasteiger partial charge in [-0.1, -0.05) is 35.9 Å². The Morgan fingerprint density at radius 2 is 1.85 bits per heavy atom. The Balaban J connectivity index is 1.70. The van der Waals surface area contributed by atoms with Crippen LogP contribution in [0.2, 0.25) is 0 Å². The van der Waals surface area contributed by atoms with Gasteiger partial charge in [-0.2, -0.15) is 0 Å². The fourth-order valence-electron chi connectivity index (χ4n) is 2.85. The molecule has 0 spiro atoms. The number of amides is 1. The molecule has 7 heteroatoms. The number of rotatable bonds is 5. The third-order valence-corrected chi connectivity index (χ3v) is 6.65. The van der Waals surface area contributed by atoms with E-state index >= 15 is 0 Å². The van der Waals surface area contributed by atoms with E-state index in [4.69, 9.17) is 16.3 Å². The quantitative estimate of drug-likeness (QED) is 0.793. The number of alkyl halides is 1. The third kappa shape index (κ3) is 4.56. The molecule has 0 bridgehead atoms. The van der Waals surface area contributed by atoms with Crippen molar-refractivity contribution in [2.75, 3.05) is 11.5 Å². The molecule has 1 aliphatic heterocycles. The number of nitrogens with one attached hydrogen (secondary N) is 1. The Morgan fingerprint density at radius 3 is 2.50 bits per heavy atom. The van der Waals surface area contributed by atoms with Crippen LogP contribution in [0, 0.1) is 6.92 Å². The van der Waals surface area contributed by atoms with Gasteiger partial charge in [0.25, 0.3) is 5.91 Å². The van der Waals surface area contributed by atoms with Crippen LogP contribution in [0.5, 0.6) is 5.75 Å². The topological polar surface area (TPSA) is 72.5 Å². The maximum atomic E-state index is 12.6. The van der Waals surface area contributed by atoms with E-state index in [9.17, 15) is 13.2 Å². The van der Waals surface area contributed by atoms with E-state index in [-0.39, 0.29) is 24.0 Å². The minimum atomic E-state index is -3.20. The summed E-state index contributed by atoms with van der Waals surface area (Å²) in [6.07, 6.45) is 0. The highest BCUT2D eigenvalue weighted by molar-refractivity contribution is 7.91. The summed E-state index contributed by atoms with van der Waals surface area (Å²) in [5.41, 5.74) is 2.31. The fourth-order valence-corrected chi connectivity index (χ4v) is 5.40. The summed E-state index contributed by atoms with van der Waals surface area (Å²) >= 11 is 6.07. The van der Waals surface area contributed by atoms with E-state index in [2.05, 4.69) is 5.32 Å².